The maximum atomic E-state index is 13.1. The number of nitrogens with one attached hydrogen (secondary N) is 1. The lowest BCUT2D eigenvalue weighted by molar-refractivity contribution is 0.0603. The number of thioether (sulfide) groups is 1. The number of carbonyl (C=O) groups excluding carboxylic acids is 1. The molecule has 0 spiro atoms. The molecule has 0 fully saturated rings. The molecule has 6 nitrogen and oxygen atoms in total. The SMILES string of the molecule is COC(=O)c1csc2[nH]c(=O)n(-c3cccc(SCc4c(Cl)cccc4Cl)c3)c(=O)c12. The number of H-pyrrole nitrogens is 1. The van der Waals surface area contributed by atoms with Crippen molar-refractivity contribution in [3.63, 3.8) is 0 Å². The summed E-state index contributed by atoms with van der Waals surface area (Å²) in [7, 11) is 1.24. The molecule has 0 aliphatic carbocycles. The zero-order valence-corrected chi connectivity index (χ0v) is 19.1. The molecule has 2 aromatic carbocycles. The Bertz CT molecular complexity index is 1400. The first-order valence-electron chi connectivity index (χ1n) is 8.91. The highest BCUT2D eigenvalue weighted by Crippen LogP contribution is 2.32. The fourth-order valence-corrected chi connectivity index (χ4v) is 5.65. The Morgan fingerprint density at radius 2 is 1.87 bits per heavy atom. The predicted octanol–water partition coefficient (Wildman–Crippen LogP) is 5.13. The smallest absolute Gasteiger partial charge is 0.339 e. The van der Waals surface area contributed by atoms with Gasteiger partial charge in [0.05, 0.1) is 23.7 Å². The van der Waals surface area contributed by atoms with Crippen LogP contribution in [0.15, 0.2) is 62.3 Å². The maximum Gasteiger partial charge on any atom is 0.339 e. The normalized spacial score (nSPS) is 11.1. The molecule has 0 atom stereocenters. The molecule has 0 saturated carbocycles. The molecular weight excluding hydrogens is 479 g/mol. The minimum absolute atomic E-state index is 0.122. The summed E-state index contributed by atoms with van der Waals surface area (Å²) in [6.07, 6.45) is 0. The van der Waals surface area contributed by atoms with Crippen LogP contribution in [0.4, 0.5) is 0 Å². The molecule has 2 aromatic heterocycles. The average molecular weight is 493 g/mol. The summed E-state index contributed by atoms with van der Waals surface area (Å²) in [5.41, 5.74) is 0.129. The number of ether oxygens (including phenoxy) is 1. The first kappa shape index (κ1) is 21.7. The quantitative estimate of drug-likeness (QED) is 0.308. The number of thiophene rings is 1. The fourth-order valence-electron chi connectivity index (χ4n) is 3.05. The van der Waals surface area contributed by atoms with Crippen molar-refractivity contribution >= 4 is 62.5 Å². The Balaban J connectivity index is 1.75. The summed E-state index contributed by atoms with van der Waals surface area (Å²) in [5, 5.41) is 2.76. The second-order valence-electron chi connectivity index (χ2n) is 6.40. The third kappa shape index (κ3) is 4.16. The highest BCUT2D eigenvalue weighted by atomic mass is 35.5. The first-order chi connectivity index (χ1) is 14.9. The van der Waals surface area contributed by atoms with E-state index >= 15 is 0 Å². The van der Waals surface area contributed by atoms with E-state index in [1.54, 1.807) is 36.4 Å². The van der Waals surface area contributed by atoms with Crippen molar-refractivity contribution in [2.75, 3.05) is 7.11 Å². The average Bonchev–Trinajstić information content (AvgIpc) is 3.17. The lowest BCUT2D eigenvalue weighted by atomic mass is 10.2. The van der Waals surface area contributed by atoms with Gasteiger partial charge < -0.3 is 4.74 Å². The maximum absolute atomic E-state index is 13.1. The predicted molar refractivity (Wildman–Crippen MR) is 125 cm³/mol. The van der Waals surface area contributed by atoms with Crippen molar-refractivity contribution in [1.82, 2.24) is 9.55 Å². The Kier molecular flexibility index (Phi) is 6.24. The highest BCUT2D eigenvalue weighted by molar-refractivity contribution is 7.98. The summed E-state index contributed by atoms with van der Waals surface area (Å²) in [4.78, 5) is 41.6. The van der Waals surface area contributed by atoms with Gasteiger partial charge >= 0.3 is 11.7 Å². The topological polar surface area (TPSA) is 81.2 Å². The number of hydrogen-bond acceptors (Lipinski definition) is 6. The number of fused-ring (bicyclic) bond motifs is 1. The molecule has 1 N–H and O–H groups in total. The van der Waals surface area contributed by atoms with E-state index in [4.69, 9.17) is 27.9 Å². The molecule has 2 heterocycles. The highest BCUT2D eigenvalue weighted by Gasteiger charge is 2.20. The van der Waals surface area contributed by atoms with E-state index in [1.807, 2.05) is 6.07 Å². The second-order valence-corrected chi connectivity index (χ2v) is 9.14. The van der Waals surface area contributed by atoms with Gasteiger partial charge in [-0.25, -0.2) is 14.2 Å². The fraction of sp³-hybridized carbons (Fsp3) is 0.0952. The van der Waals surface area contributed by atoms with E-state index in [0.29, 0.717) is 26.3 Å². The Morgan fingerprint density at radius 1 is 1.16 bits per heavy atom. The minimum atomic E-state index is -0.636. The van der Waals surface area contributed by atoms with E-state index in [0.717, 1.165) is 26.4 Å². The van der Waals surface area contributed by atoms with Crippen LogP contribution in [-0.2, 0) is 10.5 Å². The van der Waals surface area contributed by atoms with Crippen molar-refractivity contribution in [1.29, 1.82) is 0 Å². The molecule has 10 heteroatoms. The third-order valence-corrected chi connectivity index (χ3v) is 7.18. The van der Waals surface area contributed by atoms with E-state index < -0.39 is 17.2 Å². The van der Waals surface area contributed by atoms with Crippen molar-refractivity contribution in [2.45, 2.75) is 10.6 Å². The molecule has 0 unspecified atom stereocenters. The molecule has 31 heavy (non-hydrogen) atoms. The number of nitrogens with zero attached hydrogens (tertiary/aromatic N) is 1. The van der Waals surface area contributed by atoms with Crippen molar-refractivity contribution < 1.29 is 9.53 Å². The van der Waals surface area contributed by atoms with Crippen LogP contribution in [0, 0.1) is 0 Å². The van der Waals surface area contributed by atoms with Crippen LogP contribution in [0.1, 0.15) is 15.9 Å². The molecule has 0 bridgehead atoms. The van der Waals surface area contributed by atoms with Gasteiger partial charge in [-0.05, 0) is 35.9 Å². The van der Waals surface area contributed by atoms with Crippen LogP contribution in [-0.4, -0.2) is 22.6 Å². The van der Waals surface area contributed by atoms with Gasteiger partial charge in [0.1, 0.15) is 4.83 Å². The number of carbonyl (C=O) groups is 1. The zero-order chi connectivity index (χ0) is 22.1. The number of rotatable bonds is 5. The van der Waals surface area contributed by atoms with Gasteiger partial charge in [-0.15, -0.1) is 23.1 Å². The Hall–Kier alpha value is -2.52. The zero-order valence-electron chi connectivity index (χ0n) is 16.0. The Labute approximate surface area is 194 Å². The molecule has 0 saturated heterocycles. The van der Waals surface area contributed by atoms with Gasteiger partial charge in [0.15, 0.2) is 0 Å². The molecule has 4 aromatic rings. The van der Waals surface area contributed by atoms with Crippen LogP contribution >= 0.6 is 46.3 Å². The number of benzene rings is 2. The molecule has 0 amide bonds. The summed E-state index contributed by atoms with van der Waals surface area (Å²) in [6, 6.07) is 12.3. The van der Waals surface area contributed by atoms with Crippen LogP contribution < -0.4 is 11.2 Å². The Morgan fingerprint density at radius 3 is 2.58 bits per heavy atom. The number of aromatic amines is 1. The number of esters is 1. The lowest BCUT2D eigenvalue weighted by Gasteiger charge is -2.09. The van der Waals surface area contributed by atoms with Gasteiger partial charge in [0.2, 0.25) is 0 Å². The van der Waals surface area contributed by atoms with Crippen molar-refractivity contribution in [3.05, 3.63) is 89.9 Å². The van der Waals surface area contributed by atoms with E-state index in [9.17, 15) is 14.4 Å². The first-order valence-corrected chi connectivity index (χ1v) is 11.5. The summed E-state index contributed by atoms with van der Waals surface area (Å²) < 4.78 is 5.76. The standard InChI is InChI=1S/C21H14Cl2N2O4S2/c1-29-20(27)14-10-31-18-17(14)19(26)25(21(28)24-18)11-4-2-5-12(8-11)30-9-13-15(22)6-3-7-16(13)23/h2-8,10H,9H2,1H3,(H,24,28). The van der Waals surface area contributed by atoms with Gasteiger partial charge in [0, 0.05) is 26.1 Å². The van der Waals surface area contributed by atoms with Crippen molar-refractivity contribution in [3.8, 4) is 5.69 Å². The summed E-state index contributed by atoms with van der Waals surface area (Å²) >= 11 is 15.0. The van der Waals surface area contributed by atoms with Crippen LogP contribution in [0.25, 0.3) is 15.9 Å². The van der Waals surface area contributed by atoms with Gasteiger partial charge in [-0.1, -0.05) is 35.3 Å². The van der Waals surface area contributed by atoms with Gasteiger partial charge in [-0.2, -0.15) is 0 Å². The van der Waals surface area contributed by atoms with Crippen molar-refractivity contribution in [2.24, 2.45) is 0 Å². The largest absolute Gasteiger partial charge is 0.465 e. The number of halogens is 2. The summed E-state index contributed by atoms with van der Waals surface area (Å²) in [5.74, 6) is -0.119. The molecule has 0 aliphatic heterocycles. The van der Waals surface area contributed by atoms with Gasteiger partial charge in [0.25, 0.3) is 5.56 Å². The minimum Gasteiger partial charge on any atom is -0.465 e. The van der Waals surface area contributed by atoms with Crippen LogP contribution in [0.3, 0.4) is 0 Å². The molecule has 4 rings (SSSR count). The molecule has 0 radical (unpaired) electrons. The van der Waals surface area contributed by atoms with Crippen LogP contribution in [0.5, 0.6) is 0 Å². The molecular formula is C21H14Cl2N2O4S2. The molecule has 0 aliphatic rings. The lowest BCUT2D eigenvalue weighted by Crippen LogP contribution is -2.33. The summed E-state index contributed by atoms with van der Waals surface area (Å²) in [6.45, 7) is 0. The monoisotopic (exact) mass is 492 g/mol. The van der Waals surface area contributed by atoms with E-state index in [-0.39, 0.29) is 10.9 Å². The second kappa shape index (κ2) is 8.92. The van der Waals surface area contributed by atoms with E-state index in [2.05, 4.69) is 4.98 Å². The number of aromatic nitrogens is 2. The number of hydrogen-bond donors (Lipinski definition) is 1. The number of methoxy groups -OCH3 is 1. The van der Waals surface area contributed by atoms with E-state index in [1.165, 1.54) is 24.3 Å². The van der Waals surface area contributed by atoms with Crippen LogP contribution in [0.2, 0.25) is 10.0 Å². The molecule has 158 valence electrons. The van der Waals surface area contributed by atoms with Gasteiger partial charge in [-0.3, -0.25) is 9.78 Å². The third-order valence-electron chi connectivity index (χ3n) is 4.56.